The Bertz CT molecular complexity index is 1010. The zero-order valence-corrected chi connectivity index (χ0v) is 14.6. The first-order valence-electron chi connectivity index (χ1n) is 8.51. The van der Waals surface area contributed by atoms with E-state index in [1.54, 1.807) is 24.3 Å². The summed E-state index contributed by atoms with van der Waals surface area (Å²) in [6.07, 6.45) is -3.38. The molecule has 2 aromatic heterocycles. The molecule has 1 fully saturated rings. The van der Waals surface area contributed by atoms with Crippen molar-refractivity contribution in [2.24, 2.45) is 5.73 Å². The van der Waals surface area contributed by atoms with E-state index in [2.05, 4.69) is 20.0 Å². The van der Waals surface area contributed by atoms with E-state index in [0.29, 0.717) is 37.6 Å². The summed E-state index contributed by atoms with van der Waals surface area (Å²) in [6.45, 7) is 2.17. The van der Waals surface area contributed by atoms with Gasteiger partial charge in [-0.25, -0.2) is 4.98 Å². The summed E-state index contributed by atoms with van der Waals surface area (Å²) < 4.78 is 40.8. The van der Waals surface area contributed by atoms with Crippen molar-refractivity contribution in [2.45, 2.75) is 6.18 Å². The molecule has 4 rings (SSSR count). The van der Waals surface area contributed by atoms with E-state index in [4.69, 9.17) is 5.73 Å². The van der Waals surface area contributed by atoms with Gasteiger partial charge in [-0.05, 0) is 24.3 Å². The molecule has 146 valence electrons. The molecule has 2 N–H and O–H groups in total. The molecule has 0 atom stereocenters. The lowest BCUT2D eigenvalue weighted by Crippen LogP contribution is -2.47. The van der Waals surface area contributed by atoms with Gasteiger partial charge in [0.1, 0.15) is 12.1 Å². The lowest BCUT2D eigenvalue weighted by molar-refractivity contribution is -0.141. The van der Waals surface area contributed by atoms with Crippen LogP contribution in [0.1, 0.15) is 16.1 Å². The van der Waals surface area contributed by atoms with Gasteiger partial charge in [0.05, 0.1) is 0 Å². The summed E-state index contributed by atoms with van der Waals surface area (Å²) >= 11 is 0. The van der Waals surface area contributed by atoms with Crippen LogP contribution >= 0.6 is 0 Å². The molecule has 3 aromatic rings. The Kier molecular flexibility index (Phi) is 4.28. The number of carbonyl (C=O) groups is 1. The summed E-state index contributed by atoms with van der Waals surface area (Å²) in [5.74, 6) is -0.278. The number of aromatic nitrogens is 4. The molecule has 1 amide bonds. The van der Waals surface area contributed by atoms with Gasteiger partial charge in [-0.3, -0.25) is 4.79 Å². The molecule has 0 radical (unpaired) electrons. The minimum Gasteiger partial charge on any atom is -0.368 e. The van der Waals surface area contributed by atoms with Gasteiger partial charge < -0.3 is 15.5 Å². The van der Waals surface area contributed by atoms with E-state index in [9.17, 15) is 18.0 Å². The summed E-state index contributed by atoms with van der Waals surface area (Å²) in [6, 6.07) is 7.92. The molecule has 0 spiro atoms. The van der Waals surface area contributed by atoms with Gasteiger partial charge in [-0.15, -0.1) is 0 Å². The fraction of sp³-hybridized carbons (Fsp3) is 0.294. The second-order valence-electron chi connectivity index (χ2n) is 6.35. The first-order valence-corrected chi connectivity index (χ1v) is 8.51. The highest BCUT2D eigenvalue weighted by Crippen LogP contribution is 2.31. The molecule has 11 heteroatoms. The standard InChI is InChI=1S/C17H16F3N7O/c18-17(19,20)13-9-14(27-16(24-13)22-10-23-27)26-7-5-25(6-8-26)12-3-1-11(2-4-12)15(21)28/h1-4,9-10H,5-8H2,(H2,21,28). The van der Waals surface area contributed by atoms with Crippen molar-refractivity contribution in [1.29, 1.82) is 0 Å². The predicted molar refractivity (Wildman–Crippen MR) is 95.2 cm³/mol. The maximum Gasteiger partial charge on any atom is 0.433 e. The number of amides is 1. The van der Waals surface area contributed by atoms with Crippen LogP contribution in [0.25, 0.3) is 5.78 Å². The van der Waals surface area contributed by atoms with Gasteiger partial charge in [0.2, 0.25) is 5.91 Å². The Labute approximate surface area is 157 Å². The lowest BCUT2D eigenvalue weighted by atomic mass is 10.1. The number of nitrogens with two attached hydrogens (primary N) is 1. The molecule has 1 aliphatic heterocycles. The van der Waals surface area contributed by atoms with Gasteiger partial charge in [0, 0.05) is 43.5 Å². The summed E-state index contributed by atoms with van der Waals surface area (Å²) in [5, 5.41) is 4.00. The monoisotopic (exact) mass is 391 g/mol. The average Bonchev–Trinajstić information content (AvgIpc) is 3.15. The number of benzene rings is 1. The van der Waals surface area contributed by atoms with E-state index in [1.807, 2.05) is 4.90 Å². The number of hydrogen-bond acceptors (Lipinski definition) is 6. The summed E-state index contributed by atoms with van der Waals surface area (Å²) in [5.41, 5.74) is 5.59. The SMILES string of the molecule is NC(=O)c1ccc(N2CCN(c3cc(C(F)(F)F)nc4ncnn34)CC2)cc1. The number of primary amides is 1. The first-order chi connectivity index (χ1) is 13.3. The molecular weight excluding hydrogens is 375 g/mol. The number of piperazine rings is 1. The van der Waals surface area contributed by atoms with Crippen LogP contribution < -0.4 is 15.5 Å². The highest BCUT2D eigenvalue weighted by Gasteiger charge is 2.35. The Morgan fingerprint density at radius 2 is 1.68 bits per heavy atom. The van der Waals surface area contributed by atoms with Crippen molar-refractivity contribution in [2.75, 3.05) is 36.0 Å². The molecule has 0 unspecified atom stereocenters. The normalized spacial score (nSPS) is 15.2. The van der Waals surface area contributed by atoms with Crippen molar-refractivity contribution in [1.82, 2.24) is 19.6 Å². The van der Waals surface area contributed by atoms with Crippen LogP contribution in [0.3, 0.4) is 0 Å². The van der Waals surface area contributed by atoms with Crippen LogP contribution in [0.4, 0.5) is 24.7 Å². The predicted octanol–water partition coefficient (Wildman–Crippen LogP) is 1.57. The van der Waals surface area contributed by atoms with E-state index >= 15 is 0 Å². The van der Waals surface area contributed by atoms with Gasteiger partial charge >= 0.3 is 6.18 Å². The molecule has 0 saturated carbocycles. The smallest absolute Gasteiger partial charge is 0.368 e. The number of carbonyl (C=O) groups excluding carboxylic acids is 1. The number of alkyl halides is 3. The van der Waals surface area contributed by atoms with Crippen molar-refractivity contribution in [3.8, 4) is 0 Å². The third-order valence-electron chi connectivity index (χ3n) is 4.64. The van der Waals surface area contributed by atoms with Crippen molar-refractivity contribution < 1.29 is 18.0 Å². The number of rotatable bonds is 3. The molecule has 1 aliphatic rings. The zero-order chi connectivity index (χ0) is 19.9. The molecule has 3 heterocycles. The minimum atomic E-state index is -4.56. The van der Waals surface area contributed by atoms with Crippen LogP contribution in [0.15, 0.2) is 36.7 Å². The topological polar surface area (TPSA) is 92.7 Å². The summed E-state index contributed by atoms with van der Waals surface area (Å²) in [7, 11) is 0. The molecule has 28 heavy (non-hydrogen) atoms. The third kappa shape index (κ3) is 3.30. The van der Waals surface area contributed by atoms with Crippen LogP contribution in [0.5, 0.6) is 0 Å². The second kappa shape index (κ2) is 6.66. The Morgan fingerprint density at radius 1 is 1.04 bits per heavy atom. The minimum absolute atomic E-state index is 0.0886. The van der Waals surface area contributed by atoms with Crippen molar-refractivity contribution >= 4 is 23.2 Å². The van der Waals surface area contributed by atoms with Crippen LogP contribution in [-0.4, -0.2) is 51.7 Å². The maximum atomic E-state index is 13.2. The van der Waals surface area contributed by atoms with E-state index in [1.165, 1.54) is 10.8 Å². The van der Waals surface area contributed by atoms with Gasteiger partial charge in [-0.2, -0.15) is 27.8 Å². The van der Waals surface area contributed by atoms with Gasteiger partial charge in [-0.1, -0.05) is 0 Å². The zero-order valence-electron chi connectivity index (χ0n) is 14.6. The van der Waals surface area contributed by atoms with Gasteiger partial charge in [0.15, 0.2) is 5.69 Å². The van der Waals surface area contributed by atoms with E-state index in [-0.39, 0.29) is 5.78 Å². The Morgan fingerprint density at radius 3 is 2.29 bits per heavy atom. The highest BCUT2D eigenvalue weighted by molar-refractivity contribution is 5.93. The van der Waals surface area contributed by atoms with Crippen LogP contribution in [0, 0.1) is 0 Å². The van der Waals surface area contributed by atoms with Crippen molar-refractivity contribution in [3.63, 3.8) is 0 Å². The Hall–Kier alpha value is -3.37. The fourth-order valence-corrected chi connectivity index (χ4v) is 3.20. The number of halogens is 3. The van der Waals surface area contributed by atoms with Gasteiger partial charge in [0.25, 0.3) is 5.78 Å². The lowest BCUT2D eigenvalue weighted by Gasteiger charge is -2.37. The fourth-order valence-electron chi connectivity index (χ4n) is 3.20. The molecule has 8 nitrogen and oxygen atoms in total. The molecule has 0 bridgehead atoms. The maximum absolute atomic E-state index is 13.2. The second-order valence-corrected chi connectivity index (χ2v) is 6.35. The summed E-state index contributed by atoms with van der Waals surface area (Å²) in [4.78, 5) is 22.4. The van der Waals surface area contributed by atoms with E-state index in [0.717, 1.165) is 11.8 Å². The largest absolute Gasteiger partial charge is 0.433 e. The average molecular weight is 391 g/mol. The third-order valence-corrected chi connectivity index (χ3v) is 4.64. The molecule has 0 aliphatic carbocycles. The number of nitrogens with zero attached hydrogens (tertiary/aromatic N) is 6. The Balaban J connectivity index is 1.55. The number of hydrogen-bond donors (Lipinski definition) is 1. The highest BCUT2D eigenvalue weighted by atomic mass is 19.4. The van der Waals surface area contributed by atoms with Crippen LogP contribution in [0.2, 0.25) is 0 Å². The van der Waals surface area contributed by atoms with E-state index < -0.39 is 17.8 Å². The molecule has 1 aromatic carbocycles. The molecular formula is C17H16F3N7O. The van der Waals surface area contributed by atoms with Crippen LogP contribution in [-0.2, 0) is 6.18 Å². The quantitative estimate of drug-likeness (QED) is 0.729. The number of anilines is 2. The molecule has 1 saturated heterocycles. The number of fused-ring (bicyclic) bond motifs is 1. The van der Waals surface area contributed by atoms with Crippen molar-refractivity contribution in [3.05, 3.63) is 47.9 Å². The first kappa shape index (κ1) is 18.0.